The maximum atomic E-state index is 12.0. The molecular weight excluding hydrogens is 278 g/mol. The number of nitrogens with one attached hydrogen (secondary N) is 2. The molecule has 8 heteroatoms. The molecule has 2 aromatic rings. The Kier molecular flexibility index (Phi) is 4.26. The molecule has 0 atom stereocenters. The molecule has 0 fully saturated rings. The third kappa shape index (κ3) is 3.51. The van der Waals surface area contributed by atoms with E-state index in [4.69, 9.17) is 10.9 Å². The van der Waals surface area contributed by atoms with Gasteiger partial charge in [0.15, 0.2) is 0 Å². The number of anilines is 1. The Balaban J connectivity index is 2.05. The van der Waals surface area contributed by atoms with Gasteiger partial charge in [-0.05, 0) is 19.1 Å². The summed E-state index contributed by atoms with van der Waals surface area (Å²) in [5.41, 5.74) is 7.00. The Morgan fingerprint density at radius 2 is 2.30 bits per heavy atom. The van der Waals surface area contributed by atoms with Crippen LogP contribution in [0.3, 0.4) is 0 Å². The van der Waals surface area contributed by atoms with E-state index in [1.807, 2.05) is 24.2 Å². The number of benzene rings is 1. The van der Waals surface area contributed by atoms with Crippen molar-refractivity contribution >= 4 is 28.2 Å². The second-order valence-corrected chi connectivity index (χ2v) is 5.20. The first kappa shape index (κ1) is 13.9. The average Bonchev–Trinajstić information content (AvgIpc) is 2.85. The predicted octanol–water partition coefficient (Wildman–Crippen LogP) is -0.532. The van der Waals surface area contributed by atoms with Crippen molar-refractivity contribution in [1.82, 2.24) is 10.2 Å². The Labute approximate surface area is 119 Å². The number of amides is 1. The molecule has 0 aliphatic rings. The van der Waals surface area contributed by atoms with E-state index in [2.05, 4.69) is 15.5 Å². The van der Waals surface area contributed by atoms with Crippen molar-refractivity contribution in [3.8, 4) is 0 Å². The highest BCUT2D eigenvalue weighted by Gasteiger charge is 2.12. The summed E-state index contributed by atoms with van der Waals surface area (Å²) in [4.78, 5) is 12.0. The molecule has 1 aromatic carbocycles. The van der Waals surface area contributed by atoms with Crippen LogP contribution in [-0.4, -0.2) is 27.1 Å². The zero-order valence-electron chi connectivity index (χ0n) is 10.8. The van der Waals surface area contributed by atoms with E-state index >= 15 is 0 Å². The summed E-state index contributed by atoms with van der Waals surface area (Å²) >= 11 is 1.20. The Morgan fingerprint density at radius 1 is 1.50 bits per heavy atom. The van der Waals surface area contributed by atoms with Crippen LogP contribution in [0.15, 0.2) is 24.3 Å². The molecule has 20 heavy (non-hydrogen) atoms. The summed E-state index contributed by atoms with van der Waals surface area (Å²) in [5.74, 6) is -0.0775. The number of aryl methyl sites for hydroxylation is 1. The highest BCUT2D eigenvalue weighted by atomic mass is 32.1. The summed E-state index contributed by atoms with van der Waals surface area (Å²) < 4.78 is 0. The number of nitrogens with two attached hydrogens (primary N) is 1. The molecule has 104 valence electrons. The Morgan fingerprint density at radius 3 is 3.00 bits per heavy atom. The van der Waals surface area contributed by atoms with Crippen LogP contribution in [0.25, 0.3) is 0 Å². The average molecular weight is 292 g/mol. The number of aromatic nitrogens is 2. The number of carbonyl (C=O) groups excluding carboxylic acids is 1. The van der Waals surface area contributed by atoms with Crippen LogP contribution < -0.4 is 16.2 Å². The van der Waals surface area contributed by atoms with Crippen molar-refractivity contribution in [2.75, 3.05) is 5.32 Å². The van der Waals surface area contributed by atoms with E-state index in [-0.39, 0.29) is 18.2 Å². The SMILES string of the molecule is Cc1cccc(C(=O)Nc2nnc(CC(N)=[NH+]O)s2)c1. The van der Waals surface area contributed by atoms with Gasteiger partial charge in [0.2, 0.25) is 5.13 Å². The van der Waals surface area contributed by atoms with Crippen molar-refractivity contribution in [3.05, 3.63) is 40.4 Å². The summed E-state index contributed by atoms with van der Waals surface area (Å²) in [5, 5.41) is 21.8. The van der Waals surface area contributed by atoms with Gasteiger partial charge in [-0.15, -0.1) is 10.2 Å². The smallest absolute Gasteiger partial charge is 0.286 e. The molecule has 0 radical (unpaired) electrons. The van der Waals surface area contributed by atoms with Gasteiger partial charge in [-0.2, -0.15) is 0 Å². The first-order chi connectivity index (χ1) is 9.58. The number of nitrogens with zero attached hydrogens (tertiary/aromatic N) is 2. The van der Waals surface area contributed by atoms with E-state index in [9.17, 15) is 4.79 Å². The van der Waals surface area contributed by atoms with Gasteiger partial charge in [-0.25, -0.2) is 0 Å². The van der Waals surface area contributed by atoms with Crippen LogP contribution >= 0.6 is 11.3 Å². The molecule has 0 unspecified atom stereocenters. The summed E-state index contributed by atoms with van der Waals surface area (Å²) in [6, 6.07) is 7.25. The number of rotatable bonds is 4. The predicted molar refractivity (Wildman–Crippen MR) is 74.7 cm³/mol. The molecule has 5 N–H and O–H groups in total. The van der Waals surface area contributed by atoms with Crippen molar-refractivity contribution in [1.29, 1.82) is 0 Å². The van der Waals surface area contributed by atoms with E-state index in [1.54, 1.807) is 12.1 Å². The fraction of sp³-hybridized carbons (Fsp3) is 0.167. The summed E-state index contributed by atoms with van der Waals surface area (Å²) in [6.07, 6.45) is 0.245. The van der Waals surface area contributed by atoms with E-state index < -0.39 is 0 Å². The highest BCUT2D eigenvalue weighted by Crippen LogP contribution is 2.16. The molecule has 1 aromatic heterocycles. The minimum atomic E-state index is -0.242. The van der Waals surface area contributed by atoms with Crippen LogP contribution in [0.5, 0.6) is 0 Å². The molecule has 2 rings (SSSR count). The minimum absolute atomic E-state index is 0.165. The number of amidine groups is 1. The van der Waals surface area contributed by atoms with Crippen molar-refractivity contribution < 1.29 is 15.2 Å². The van der Waals surface area contributed by atoms with Gasteiger partial charge in [-0.3, -0.25) is 15.8 Å². The number of carbonyl (C=O) groups is 1. The molecule has 0 aliphatic heterocycles. The van der Waals surface area contributed by atoms with Gasteiger partial charge in [0, 0.05) is 5.56 Å². The summed E-state index contributed by atoms with van der Waals surface area (Å²) in [7, 11) is 0. The fourth-order valence-electron chi connectivity index (χ4n) is 1.53. The zero-order valence-corrected chi connectivity index (χ0v) is 11.6. The molecule has 7 nitrogen and oxygen atoms in total. The monoisotopic (exact) mass is 292 g/mol. The van der Waals surface area contributed by atoms with Gasteiger partial charge in [0.05, 0.1) is 0 Å². The number of hydrogen-bond acceptors (Lipinski definition) is 5. The lowest BCUT2D eigenvalue weighted by atomic mass is 10.1. The van der Waals surface area contributed by atoms with Gasteiger partial charge in [0.25, 0.3) is 11.7 Å². The highest BCUT2D eigenvalue weighted by molar-refractivity contribution is 7.15. The first-order valence-electron chi connectivity index (χ1n) is 5.80. The van der Waals surface area contributed by atoms with Crippen molar-refractivity contribution in [2.45, 2.75) is 13.3 Å². The molecule has 0 spiro atoms. The van der Waals surface area contributed by atoms with Gasteiger partial charge < -0.3 is 5.21 Å². The van der Waals surface area contributed by atoms with Crippen molar-refractivity contribution in [2.24, 2.45) is 5.73 Å². The molecule has 1 amide bonds. The summed E-state index contributed by atoms with van der Waals surface area (Å²) in [6.45, 7) is 1.92. The van der Waals surface area contributed by atoms with Crippen molar-refractivity contribution in [3.63, 3.8) is 0 Å². The molecular formula is C12H14N5O2S+. The normalized spacial score (nSPS) is 11.3. The first-order valence-corrected chi connectivity index (χ1v) is 6.62. The van der Waals surface area contributed by atoms with Crippen LogP contribution in [0.4, 0.5) is 5.13 Å². The Hall–Kier alpha value is -2.48. The van der Waals surface area contributed by atoms with Crippen LogP contribution in [0, 0.1) is 6.92 Å². The molecule has 0 saturated carbocycles. The number of hydrogen-bond donors (Lipinski definition) is 4. The quantitative estimate of drug-likeness (QED) is 0.262. The van der Waals surface area contributed by atoms with E-state index in [1.165, 1.54) is 11.3 Å². The largest absolute Gasteiger partial charge is 0.357 e. The standard InChI is InChI=1S/C12H13N5O2S/c1-7-3-2-4-8(5-7)11(18)14-12-16-15-10(20-12)6-9(13)17-19/h2-5,19H,6H2,1H3,(H2,13,17)(H,14,16,18)/p+1. The second-order valence-electron chi connectivity index (χ2n) is 4.14. The minimum Gasteiger partial charge on any atom is -0.357 e. The van der Waals surface area contributed by atoms with Gasteiger partial charge in [-0.1, -0.05) is 34.2 Å². The maximum absolute atomic E-state index is 12.0. The maximum Gasteiger partial charge on any atom is 0.286 e. The second kappa shape index (κ2) is 6.11. The van der Waals surface area contributed by atoms with E-state index in [0.29, 0.717) is 15.7 Å². The molecule has 0 bridgehead atoms. The van der Waals surface area contributed by atoms with Crippen LogP contribution in [-0.2, 0) is 6.42 Å². The van der Waals surface area contributed by atoms with Crippen LogP contribution in [0.2, 0.25) is 0 Å². The zero-order chi connectivity index (χ0) is 14.5. The fourth-order valence-corrected chi connectivity index (χ4v) is 2.29. The molecule has 0 aliphatic carbocycles. The Bertz CT molecular complexity index is 653. The van der Waals surface area contributed by atoms with Crippen LogP contribution in [0.1, 0.15) is 20.9 Å². The van der Waals surface area contributed by atoms with E-state index in [0.717, 1.165) is 5.56 Å². The third-order valence-corrected chi connectivity index (χ3v) is 3.29. The van der Waals surface area contributed by atoms with Gasteiger partial charge in [0.1, 0.15) is 11.4 Å². The lowest BCUT2D eigenvalue weighted by molar-refractivity contribution is -0.738. The molecule has 0 saturated heterocycles. The molecule has 1 heterocycles. The lowest BCUT2D eigenvalue weighted by Gasteiger charge is -2.01. The topological polar surface area (TPSA) is 115 Å². The lowest BCUT2D eigenvalue weighted by Crippen LogP contribution is -2.72. The van der Waals surface area contributed by atoms with Gasteiger partial charge >= 0.3 is 0 Å². The third-order valence-electron chi connectivity index (χ3n) is 2.45.